The number of hydrogen-bond donors (Lipinski definition) is 0. The van der Waals surface area contributed by atoms with Crippen LogP contribution in [0.1, 0.15) is 26.2 Å². The van der Waals surface area contributed by atoms with E-state index in [0.717, 1.165) is 4.48 Å². The number of carboxylic acid groups (broad SMARTS) is 1. The van der Waals surface area contributed by atoms with E-state index in [1.54, 1.807) is 7.11 Å². The maximum atomic E-state index is 9.81. The van der Waals surface area contributed by atoms with Gasteiger partial charge in [-0.25, -0.2) is 4.99 Å². The number of rotatable bonds is 9. The zero-order chi connectivity index (χ0) is 15.3. The number of aliphatic carboxylic acids is 1. The molecule has 0 aromatic carbocycles. The Labute approximate surface area is 121 Å². The van der Waals surface area contributed by atoms with Crippen molar-refractivity contribution >= 4 is 12.3 Å². The summed E-state index contributed by atoms with van der Waals surface area (Å²) >= 11 is 0. The first-order chi connectivity index (χ1) is 9.54. The second kappa shape index (κ2) is 11.6. The summed E-state index contributed by atoms with van der Waals surface area (Å²) in [5, 5.41) is 9.81. The fourth-order valence-corrected chi connectivity index (χ4v) is 1.45. The minimum atomic E-state index is -1.09. The average Bonchev–Trinajstić information content (AvgIpc) is 2.84. The molecule has 0 fully saturated rings. The summed E-state index contributed by atoms with van der Waals surface area (Å²) < 4.78 is 10.4. The van der Waals surface area contributed by atoms with Crippen LogP contribution in [0.25, 0.3) is 0 Å². The molecule has 0 bridgehead atoms. The van der Waals surface area contributed by atoms with Crippen molar-refractivity contribution in [2.75, 3.05) is 40.5 Å². The van der Waals surface area contributed by atoms with Crippen LogP contribution in [0.3, 0.4) is 0 Å². The molecule has 1 rings (SSSR count). The molecule has 1 heterocycles. The standard InChI is InChI=1S/C8H15N2.C6H12O4/c1-3-4-6-10(2)7-5-9-8-10;1-9-4-5-10-3-2-6(7)8/h5,7-8H,3-4,6H2,1-2H3;2-5H2,1H3,(H,7,8)/q+1;/p-1. The Kier molecular flexibility index (Phi) is 10.9. The van der Waals surface area contributed by atoms with Crippen LogP contribution in [0.4, 0.5) is 0 Å². The fourth-order valence-electron chi connectivity index (χ4n) is 1.45. The van der Waals surface area contributed by atoms with Gasteiger partial charge in [0.15, 0.2) is 6.34 Å². The average molecular weight is 286 g/mol. The van der Waals surface area contributed by atoms with Gasteiger partial charge in [-0.15, -0.1) is 0 Å². The minimum absolute atomic E-state index is 0.0519. The van der Waals surface area contributed by atoms with Crippen LogP contribution in [0.2, 0.25) is 0 Å². The van der Waals surface area contributed by atoms with E-state index in [-0.39, 0.29) is 13.0 Å². The molecule has 6 nitrogen and oxygen atoms in total. The lowest BCUT2D eigenvalue weighted by molar-refractivity contribution is -0.756. The van der Waals surface area contributed by atoms with Gasteiger partial charge in [-0.1, -0.05) is 13.3 Å². The summed E-state index contributed by atoms with van der Waals surface area (Å²) in [6, 6.07) is 0. The number of quaternary nitrogens is 1. The first kappa shape index (κ1) is 18.8. The lowest BCUT2D eigenvalue weighted by atomic mass is 10.3. The first-order valence-corrected chi connectivity index (χ1v) is 6.87. The summed E-state index contributed by atoms with van der Waals surface area (Å²) in [6.07, 6.45) is 8.45. The molecule has 0 saturated carbocycles. The number of hydrogen-bond acceptors (Lipinski definition) is 5. The Bertz CT molecular complexity index is 304. The SMILES string of the molecule is CCCC[N+]1(C)C=CN=C1.COCCOCCC(=O)[O-]. The summed E-state index contributed by atoms with van der Waals surface area (Å²) in [6.45, 7) is 4.52. The van der Waals surface area contributed by atoms with E-state index in [9.17, 15) is 9.90 Å². The van der Waals surface area contributed by atoms with Crippen molar-refractivity contribution in [3.05, 3.63) is 12.4 Å². The smallest absolute Gasteiger partial charge is 0.194 e. The van der Waals surface area contributed by atoms with Crippen LogP contribution in [-0.2, 0) is 14.3 Å². The summed E-state index contributed by atoms with van der Waals surface area (Å²) in [7, 11) is 3.73. The van der Waals surface area contributed by atoms with Gasteiger partial charge in [0, 0.05) is 19.5 Å². The largest absolute Gasteiger partial charge is 0.550 e. The molecule has 116 valence electrons. The predicted octanol–water partition coefficient (Wildman–Crippen LogP) is 0.536. The number of ether oxygens (including phenoxy) is 2. The lowest BCUT2D eigenvalue weighted by Crippen LogP contribution is -2.35. The van der Waals surface area contributed by atoms with Gasteiger partial charge in [0.05, 0.1) is 39.6 Å². The Morgan fingerprint density at radius 1 is 1.35 bits per heavy atom. The van der Waals surface area contributed by atoms with E-state index >= 15 is 0 Å². The number of carboxylic acids is 1. The molecule has 0 saturated heterocycles. The van der Waals surface area contributed by atoms with Gasteiger partial charge in [0.1, 0.15) is 6.20 Å². The van der Waals surface area contributed by atoms with Crippen molar-refractivity contribution in [3.63, 3.8) is 0 Å². The van der Waals surface area contributed by atoms with Crippen LogP contribution in [-0.4, -0.2) is 57.3 Å². The number of nitrogens with zero attached hydrogens (tertiary/aromatic N) is 2. The highest BCUT2D eigenvalue weighted by Gasteiger charge is 2.17. The molecule has 0 N–H and O–H groups in total. The molecule has 0 spiro atoms. The second-order valence-corrected chi connectivity index (χ2v) is 4.71. The highest BCUT2D eigenvalue weighted by molar-refractivity contribution is 5.64. The minimum Gasteiger partial charge on any atom is -0.550 e. The molecule has 0 aromatic rings. The zero-order valence-corrected chi connectivity index (χ0v) is 12.7. The number of carbonyl (C=O) groups is 1. The van der Waals surface area contributed by atoms with Crippen molar-refractivity contribution in [2.45, 2.75) is 26.2 Å². The van der Waals surface area contributed by atoms with Crippen molar-refractivity contribution in [1.29, 1.82) is 0 Å². The summed E-state index contributed by atoms with van der Waals surface area (Å²) in [4.78, 5) is 13.9. The van der Waals surface area contributed by atoms with Gasteiger partial charge in [0.2, 0.25) is 0 Å². The Morgan fingerprint density at radius 3 is 2.60 bits per heavy atom. The first-order valence-electron chi connectivity index (χ1n) is 6.87. The Morgan fingerprint density at radius 2 is 2.10 bits per heavy atom. The molecular weight excluding hydrogens is 260 g/mol. The number of unbranched alkanes of at least 4 members (excludes halogenated alkanes) is 1. The molecule has 0 amide bonds. The van der Waals surface area contributed by atoms with Crippen LogP contribution in [0.15, 0.2) is 17.4 Å². The van der Waals surface area contributed by atoms with E-state index in [2.05, 4.69) is 29.9 Å². The number of methoxy groups -OCH3 is 1. The Balaban J connectivity index is 0.000000361. The summed E-state index contributed by atoms with van der Waals surface area (Å²) in [5.74, 6) is -1.09. The zero-order valence-electron chi connectivity index (χ0n) is 12.7. The molecule has 20 heavy (non-hydrogen) atoms. The molecule has 1 unspecified atom stereocenters. The molecule has 0 aromatic heterocycles. The second-order valence-electron chi connectivity index (χ2n) is 4.71. The van der Waals surface area contributed by atoms with Crippen molar-refractivity contribution in [2.24, 2.45) is 4.99 Å². The van der Waals surface area contributed by atoms with Crippen molar-refractivity contribution in [3.8, 4) is 0 Å². The summed E-state index contributed by atoms with van der Waals surface area (Å²) in [5.41, 5.74) is 0. The molecule has 6 heteroatoms. The number of aliphatic imine (C=N–C) groups is 1. The van der Waals surface area contributed by atoms with Gasteiger partial charge >= 0.3 is 0 Å². The third kappa shape index (κ3) is 10.7. The molecule has 1 aliphatic rings. The van der Waals surface area contributed by atoms with Crippen LogP contribution in [0.5, 0.6) is 0 Å². The topological polar surface area (TPSA) is 71.0 Å². The molecule has 0 radical (unpaired) electrons. The quantitative estimate of drug-likeness (QED) is 0.458. The van der Waals surface area contributed by atoms with Gasteiger partial charge in [-0.05, 0) is 6.42 Å². The third-order valence-corrected chi connectivity index (χ3v) is 2.70. The van der Waals surface area contributed by atoms with Gasteiger partial charge < -0.3 is 19.4 Å². The predicted molar refractivity (Wildman–Crippen MR) is 75.9 cm³/mol. The van der Waals surface area contributed by atoms with E-state index < -0.39 is 5.97 Å². The van der Waals surface area contributed by atoms with Crippen LogP contribution in [0, 0.1) is 0 Å². The lowest BCUT2D eigenvalue weighted by Gasteiger charge is -2.20. The fraction of sp³-hybridized carbons (Fsp3) is 0.714. The normalized spacial score (nSPS) is 19.8. The van der Waals surface area contributed by atoms with Gasteiger partial charge in [-0.2, -0.15) is 0 Å². The van der Waals surface area contributed by atoms with Crippen molar-refractivity contribution in [1.82, 2.24) is 0 Å². The van der Waals surface area contributed by atoms with E-state index in [0.29, 0.717) is 13.2 Å². The third-order valence-electron chi connectivity index (χ3n) is 2.70. The van der Waals surface area contributed by atoms with Gasteiger partial charge in [0.25, 0.3) is 0 Å². The Hall–Kier alpha value is -1.24. The van der Waals surface area contributed by atoms with E-state index in [1.165, 1.54) is 19.4 Å². The van der Waals surface area contributed by atoms with Crippen molar-refractivity contribution < 1.29 is 23.9 Å². The van der Waals surface area contributed by atoms with E-state index in [1.807, 2.05) is 12.5 Å². The molecule has 1 atom stereocenters. The van der Waals surface area contributed by atoms with Crippen LogP contribution < -0.4 is 5.11 Å². The molecular formula is C14H26N2O4. The van der Waals surface area contributed by atoms with Gasteiger partial charge in [-0.3, -0.25) is 4.48 Å². The van der Waals surface area contributed by atoms with E-state index in [4.69, 9.17) is 4.74 Å². The maximum Gasteiger partial charge on any atom is 0.194 e. The molecule has 0 aliphatic carbocycles. The highest BCUT2D eigenvalue weighted by Crippen LogP contribution is 2.08. The molecule has 1 aliphatic heterocycles. The monoisotopic (exact) mass is 286 g/mol. The highest BCUT2D eigenvalue weighted by atomic mass is 16.5. The maximum absolute atomic E-state index is 9.81. The number of carbonyl (C=O) groups excluding carboxylic acids is 1. The van der Waals surface area contributed by atoms with Crippen LogP contribution >= 0.6 is 0 Å².